The molecule has 0 bridgehead atoms. The number of guanidine groups is 1. The van der Waals surface area contributed by atoms with E-state index in [9.17, 15) is 21.6 Å². The maximum Gasteiger partial charge on any atom is 0.511 e. The summed E-state index contributed by atoms with van der Waals surface area (Å²) in [6.07, 6.45) is 0.564. The maximum absolute atomic E-state index is 12.6. The van der Waals surface area contributed by atoms with Crippen molar-refractivity contribution in [2.45, 2.75) is 43.7 Å². The number of aliphatic imine (C=N–C) groups is 1. The molecular weight excluding hydrogens is 528 g/mol. The second-order valence-corrected chi connectivity index (χ2v) is 9.93. The average Bonchev–Trinajstić information content (AvgIpc) is 3.13. The molecule has 162 valence electrons. The molecule has 1 aliphatic rings. The highest BCUT2D eigenvalue weighted by molar-refractivity contribution is 14.0. The predicted octanol–water partition coefficient (Wildman–Crippen LogP) is 3.12. The lowest BCUT2D eigenvalue weighted by Crippen LogP contribution is -2.52. The lowest BCUT2D eigenvalue weighted by molar-refractivity contribution is -0.0494. The molecule has 0 aliphatic carbocycles. The molecule has 0 amide bonds. The van der Waals surface area contributed by atoms with Gasteiger partial charge in [-0.3, -0.25) is 4.99 Å². The van der Waals surface area contributed by atoms with Crippen LogP contribution < -0.4 is 10.6 Å². The van der Waals surface area contributed by atoms with Crippen LogP contribution in [0, 0.1) is 0 Å². The van der Waals surface area contributed by atoms with Gasteiger partial charge < -0.3 is 10.6 Å². The number of alkyl halides is 3. The highest BCUT2D eigenvalue weighted by atomic mass is 127. The highest BCUT2D eigenvalue weighted by Gasteiger charge is 2.50. The molecule has 1 aromatic heterocycles. The van der Waals surface area contributed by atoms with E-state index in [2.05, 4.69) is 35.5 Å². The molecule has 0 atom stereocenters. The van der Waals surface area contributed by atoms with Crippen molar-refractivity contribution in [3.8, 4) is 0 Å². The van der Waals surface area contributed by atoms with Gasteiger partial charge in [-0.05, 0) is 24.3 Å². The van der Waals surface area contributed by atoms with Crippen molar-refractivity contribution in [2.24, 2.45) is 4.99 Å². The zero-order valence-corrected chi connectivity index (χ0v) is 19.9. The van der Waals surface area contributed by atoms with E-state index in [4.69, 9.17) is 0 Å². The van der Waals surface area contributed by atoms with Crippen LogP contribution in [0.4, 0.5) is 13.2 Å². The Kier molecular flexibility index (Phi) is 9.03. The minimum atomic E-state index is -5.25. The molecule has 12 heteroatoms. The predicted molar refractivity (Wildman–Crippen MR) is 117 cm³/mol. The van der Waals surface area contributed by atoms with Gasteiger partial charge in [-0.15, -0.1) is 35.3 Å². The number of piperidine rings is 1. The van der Waals surface area contributed by atoms with Crippen molar-refractivity contribution in [3.05, 3.63) is 22.4 Å². The lowest BCUT2D eigenvalue weighted by Gasteiger charge is -2.33. The summed E-state index contributed by atoms with van der Waals surface area (Å²) in [5, 5.41) is 8.44. The molecule has 0 aromatic carbocycles. The normalized spacial score (nSPS) is 17.9. The second-order valence-electron chi connectivity index (χ2n) is 7.06. The van der Waals surface area contributed by atoms with Crippen LogP contribution in [0.5, 0.6) is 0 Å². The Morgan fingerprint density at radius 3 is 2.39 bits per heavy atom. The second kappa shape index (κ2) is 9.94. The number of rotatable bonds is 5. The van der Waals surface area contributed by atoms with Crippen molar-refractivity contribution in [1.82, 2.24) is 14.9 Å². The Hall–Kier alpha value is -0.600. The van der Waals surface area contributed by atoms with Crippen LogP contribution in [0.2, 0.25) is 0 Å². The zero-order chi connectivity index (χ0) is 20.3. The average molecular weight is 554 g/mol. The third kappa shape index (κ3) is 6.20. The molecule has 0 radical (unpaired) electrons. The van der Waals surface area contributed by atoms with E-state index in [0.717, 1.165) is 0 Å². The van der Waals surface area contributed by atoms with Crippen LogP contribution in [0.15, 0.2) is 22.5 Å². The molecule has 6 nitrogen and oxygen atoms in total. The van der Waals surface area contributed by atoms with E-state index in [1.165, 1.54) is 4.88 Å². The molecule has 1 fully saturated rings. The van der Waals surface area contributed by atoms with Gasteiger partial charge in [0, 0.05) is 43.0 Å². The summed E-state index contributed by atoms with van der Waals surface area (Å²) in [5.74, 6) is 0.553. The topological polar surface area (TPSA) is 73.8 Å². The van der Waals surface area contributed by atoms with Crippen molar-refractivity contribution >= 4 is 51.3 Å². The summed E-state index contributed by atoms with van der Waals surface area (Å²) in [6, 6.07) is 3.93. The first kappa shape index (κ1) is 25.4. The summed E-state index contributed by atoms with van der Waals surface area (Å²) < 4.78 is 61.3. The molecule has 2 heterocycles. The van der Waals surface area contributed by atoms with Crippen molar-refractivity contribution < 1.29 is 21.6 Å². The van der Waals surface area contributed by atoms with Gasteiger partial charge in [0.25, 0.3) is 0 Å². The number of hydrogen-bond acceptors (Lipinski definition) is 4. The smallest absolute Gasteiger partial charge is 0.356 e. The van der Waals surface area contributed by atoms with Gasteiger partial charge in [0.2, 0.25) is 0 Å². The molecule has 2 N–H and O–H groups in total. The van der Waals surface area contributed by atoms with Crippen molar-refractivity contribution in [2.75, 3.05) is 26.7 Å². The molecule has 2 rings (SSSR count). The van der Waals surface area contributed by atoms with Crippen LogP contribution in [-0.2, 0) is 15.4 Å². The van der Waals surface area contributed by atoms with Gasteiger partial charge in [-0.1, -0.05) is 19.9 Å². The summed E-state index contributed by atoms with van der Waals surface area (Å²) in [6.45, 7) is 4.52. The fraction of sp³-hybridized carbons (Fsp3) is 0.688. The monoisotopic (exact) mass is 554 g/mol. The number of hydrogen-bond donors (Lipinski definition) is 2. The van der Waals surface area contributed by atoms with Gasteiger partial charge in [-0.25, -0.2) is 8.42 Å². The zero-order valence-electron chi connectivity index (χ0n) is 15.9. The van der Waals surface area contributed by atoms with Crippen molar-refractivity contribution in [3.63, 3.8) is 0 Å². The summed E-state index contributed by atoms with van der Waals surface area (Å²) in [4.78, 5) is 5.39. The molecule has 1 saturated heterocycles. The summed E-state index contributed by atoms with van der Waals surface area (Å²) >= 11 is 1.67. The summed E-state index contributed by atoms with van der Waals surface area (Å²) in [5.41, 5.74) is -5.35. The Bertz CT molecular complexity index is 744. The molecule has 0 saturated carbocycles. The van der Waals surface area contributed by atoms with Gasteiger partial charge in [0.1, 0.15) is 0 Å². The fourth-order valence-corrected chi connectivity index (χ4v) is 4.67. The van der Waals surface area contributed by atoms with E-state index in [1.807, 2.05) is 11.4 Å². The van der Waals surface area contributed by atoms with Crippen LogP contribution in [0.25, 0.3) is 0 Å². The first-order valence-corrected chi connectivity index (χ1v) is 10.9. The molecular formula is C16H26F3IN4O2S2. The minimum Gasteiger partial charge on any atom is -0.356 e. The largest absolute Gasteiger partial charge is 0.511 e. The molecule has 28 heavy (non-hydrogen) atoms. The van der Waals surface area contributed by atoms with Gasteiger partial charge in [0.15, 0.2) is 5.96 Å². The first-order valence-electron chi connectivity index (χ1n) is 8.55. The van der Waals surface area contributed by atoms with E-state index in [0.29, 0.717) is 16.8 Å². The number of nitrogens with zero attached hydrogens (tertiary/aromatic N) is 2. The molecule has 1 aliphatic heterocycles. The van der Waals surface area contributed by atoms with E-state index >= 15 is 0 Å². The Morgan fingerprint density at radius 1 is 1.32 bits per heavy atom. The van der Waals surface area contributed by atoms with Crippen molar-refractivity contribution in [1.29, 1.82) is 0 Å². The van der Waals surface area contributed by atoms with Crippen LogP contribution in [-0.4, -0.2) is 56.9 Å². The number of sulfonamides is 1. The minimum absolute atomic E-state index is 0. The maximum atomic E-state index is 12.6. The van der Waals surface area contributed by atoms with E-state index in [-0.39, 0.29) is 61.4 Å². The first-order chi connectivity index (χ1) is 12.5. The molecule has 0 spiro atoms. The van der Waals surface area contributed by atoms with Gasteiger partial charge >= 0.3 is 15.5 Å². The van der Waals surface area contributed by atoms with Crippen LogP contribution >= 0.6 is 35.3 Å². The quantitative estimate of drug-likeness (QED) is 0.334. The number of thiophene rings is 1. The fourth-order valence-electron chi connectivity index (χ4n) is 2.83. The summed E-state index contributed by atoms with van der Waals surface area (Å²) in [7, 11) is -3.63. The number of halogens is 4. The van der Waals surface area contributed by atoms with E-state index < -0.39 is 15.5 Å². The Morgan fingerprint density at radius 2 is 1.93 bits per heavy atom. The Labute approximate surface area is 185 Å². The molecule has 1 aromatic rings. The van der Waals surface area contributed by atoms with Gasteiger partial charge in [-0.2, -0.15) is 17.5 Å². The highest BCUT2D eigenvalue weighted by Crippen LogP contribution is 2.29. The SMILES string of the molecule is CN=C(NCC(C)(C)c1cccs1)NC1CCN(S(=O)(=O)C(F)(F)F)CC1.I. The van der Waals surface area contributed by atoms with Gasteiger partial charge in [0.05, 0.1) is 0 Å². The Balaban J connectivity index is 0.00000392. The number of nitrogens with one attached hydrogen (secondary N) is 2. The third-order valence-electron chi connectivity index (χ3n) is 4.54. The lowest BCUT2D eigenvalue weighted by atomic mass is 9.91. The van der Waals surface area contributed by atoms with Crippen LogP contribution in [0.1, 0.15) is 31.6 Å². The van der Waals surface area contributed by atoms with E-state index in [1.54, 1.807) is 18.4 Å². The molecule has 0 unspecified atom stereocenters. The third-order valence-corrected chi connectivity index (χ3v) is 7.40. The van der Waals surface area contributed by atoms with Crippen LogP contribution in [0.3, 0.4) is 0 Å². The standard InChI is InChI=1S/C16H25F3N4O2S2.HI/c1-15(2,13-5-4-10-26-13)11-21-14(20-3)22-12-6-8-23(9-7-12)27(24,25)16(17,18)19;/h4-5,10,12H,6-9,11H2,1-3H3,(H2,20,21,22);1H.